The van der Waals surface area contributed by atoms with Crippen molar-refractivity contribution in [3.05, 3.63) is 93.7 Å². The minimum absolute atomic E-state index is 0.272. The van der Waals surface area contributed by atoms with Crippen molar-refractivity contribution in [3.63, 3.8) is 0 Å². The molecular formula is C36H35ClN6O3S2. The van der Waals surface area contributed by atoms with Gasteiger partial charge in [-0.05, 0) is 67.6 Å². The molecule has 0 atom stereocenters. The van der Waals surface area contributed by atoms with Crippen LogP contribution in [-0.4, -0.2) is 48.2 Å². The molecule has 0 radical (unpaired) electrons. The molecule has 2 aromatic carbocycles. The summed E-state index contributed by atoms with van der Waals surface area (Å²) in [6.07, 6.45) is 5.17. The molecule has 246 valence electrons. The van der Waals surface area contributed by atoms with Crippen LogP contribution in [0.1, 0.15) is 51.5 Å². The molecule has 0 spiro atoms. The zero-order valence-corrected chi connectivity index (χ0v) is 29.1. The number of hydrogen-bond donors (Lipinski definition) is 2. The van der Waals surface area contributed by atoms with Gasteiger partial charge in [0.05, 0.1) is 34.1 Å². The van der Waals surface area contributed by atoms with Crippen LogP contribution in [0, 0.1) is 0 Å². The molecule has 0 aliphatic carbocycles. The lowest BCUT2D eigenvalue weighted by molar-refractivity contribution is 0.0685. The molecular weight excluding hydrogens is 664 g/mol. The van der Waals surface area contributed by atoms with Crippen molar-refractivity contribution in [2.24, 2.45) is 14.1 Å². The minimum atomic E-state index is -0.962. The van der Waals surface area contributed by atoms with E-state index in [9.17, 15) is 9.90 Å². The fourth-order valence-electron chi connectivity index (χ4n) is 7.14. The second-order valence-corrected chi connectivity index (χ2v) is 14.8. The van der Waals surface area contributed by atoms with E-state index in [0.29, 0.717) is 30.2 Å². The van der Waals surface area contributed by atoms with Crippen LogP contribution in [0.15, 0.2) is 59.6 Å². The summed E-state index contributed by atoms with van der Waals surface area (Å²) in [4.78, 5) is 14.0. The lowest BCUT2D eigenvalue weighted by Crippen LogP contribution is -2.14. The van der Waals surface area contributed by atoms with Crippen LogP contribution < -0.4 is 10.1 Å². The predicted molar refractivity (Wildman–Crippen MR) is 194 cm³/mol. The Hall–Kier alpha value is -4.06. The highest BCUT2D eigenvalue weighted by Gasteiger charge is 2.27. The fraction of sp³-hybridized carbons (Fsp3) is 0.306. The maximum absolute atomic E-state index is 12.8. The number of nitrogens with zero attached hydrogens (tertiary/aromatic N) is 5. The molecule has 9 nitrogen and oxygen atoms in total. The normalized spacial score (nSPS) is 15.4. The van der Waals surface area contributed by atoms with Gasteiger partial charge in [0, 0.05) is 82.4 Å². The molecule has 0 amide bonds. The number of pyridine rings is 1. The van der Waals surface area contributed by atoms with Crippen LogP contribution in [0.5, 0.6) is 5.75 Å². The van der Waals surface area contributed by atoms with Crippen molar-refractivity contribution in [1.82, 2.24) is 24.0 Å². The number of ether oxygens (including phenoxy) is 1. The number of rotatable bonds is 1. The summed E-state index contributed by atoms with van der Waals surface area (Å²) in [6.45, 7) is 1.42. The minimum Gasteiger partial charge on any atom is -0.493 e. The molecule has 6 heterocycles. The van der Waals surface area contributed by atoms with E-state index in [1.165, 1.54) is 5.56 Å². The summed E-state index contributed by atoms with van der Waals surface area (Å²) in [5, 5.41) is 25.4. The van der Waals surface area contributed by atoms with Crippen LogP contribution in [0.4, 0.5) is 5.69 Å². The van der Waals surface area contributed by atoms with Gasteiger partial charge in [0.25, 0.3) is 0 Å². The third kappa shape index (κ3) is 5.51. The Kier molecular flexibility index (Phi) is 8.30. The molecule has 12 heteroatoms. The van der Waals surface area contributed by atoms with Gasteiger partial charge in [0.2, 0.25) is 0 Å². The van der Waals surface area contributed by atoms with E-state index < -0.39 is 5.97 Å². The number of nitrogens with one attached hydrogen (secondary N) is 1. The Morgan fingerprint density at radius 3 is 2.75 bits per heavy atom. The molecule has 2 N–H and O–H groups in total. The van der Waals surface area contributed by atoms with Gasteiger partial charge in [-0.3, -0.25) is 4.68 Å². The molecule has 0 saturated carbocycles. The Balaban J connectivity index is 1.27. The number of carbonyl (C=O) groups is 1. The SMILES string of the molecule is Cn1nc2cc1CSc1cc3c(c(c1)OCCCc1c(C(=O)O)n(C)c4c(c(Cl)ccc14)-c1c(nn4ccccc14)CSC2)CCCN3. The van der Waals surface area contributed by atoms with Gasteiger partial charge in [-0.2, -0.15) is 10.2 Å². The lowest BCUT2D eigenvalue weighted by Gasteiger charge is -2.22. The fourth-order valence-corrected chi connectivity index (χ4v) is 9.21. The molecule has 4 aromatic heterocycles. The second-order valence-electron chi connectivity index (χ2n) is 12.3. The number of hydrogen-bond acceptors (Lipinski definition) is 7. The van der Waals surface area contributed by atoms with Crippen molar-refractivity contribution in [2.45, 2.75) is 47.8 Å². The molecule has 48 heavy (non-hydrogen) atoms. The van der Waals surface area contributed by atoms with Crippen molar-refractivity contribution >= 4 is 63.2 Å². The van der Waals surface area contributed by atoms with Gasteiger partial charge in [0.15, 0.2) is 0 Å². The van der Waals surface area contributed by atoms with E-state index in [0.717, 1.165) is 97.4 Å². The highest BCUT2D eigenvalue weighted by Crippen LogP contribution is 2.43. The van der Waals surface area contributed by atoms with Gasteiger partial charge in [-0.25, -0.2) is 9.31 Å². The Morgan fingerprint density at radius 2 is 1.88 bits per heavy atom. The van der Waals surface area contributed by atoms with Crippen LogP contribution in [0.25, 0.3) is 27.5 Å². The average Bonchev–Trinajstić information content (AvgIpc) is 3.72. The van der Waals surface area contributed by atoms with Gasteiger partial charge in [-0.15, -0.1) is 23.5 Å². The smallest absolute Gasteiger partial charge is 0.352 e. The van der Waals surface area contributed by atoms with Gasteiger partial charge in [0.1, 0.15) is 11.4 Å². The van der Waals surface area contributed by atoms with E-state index >= 15 is 0 Å². The van der Waals surface area contributed by atoms with Crippen LogP contribution >= 0.6 is 35.1 Å². The largest absolute Gasteiger partial charge is 0.493 e. The van der Waals surface area contributed by atoms with Crippen molar-refractivity contribution in [3.8, 4) is 16.9 Å². The molecule has 6 aromatic rings. The van der Waals surface area contributed by atoms with Gasteiger partial charge in [-0.1, -0.05) is 23.7 Å². The molecule has 0 unspecified atom stereocenters. The molecule has 0 saturated heterocycles. The summed E-state index contributed by atoms with van der Waals surface area (Å²) < 4.78 is 12.2. The number of carboxylic acids is 1. The highest BCUT2D eigenvalue weighted by molar-refractivity contribution is 7.98. The first-order chi connectivity index (χ1) is 23.4. The molecule has 2 aliphatic heterocycles. The van der Waals surface area contributed by atoms with Crippen LogP contribution in [0.3, 0.4) is 0 Å². The van der Waals surface area contributed by atoms with Crippen molar-refractivity contribution < 1.29 is 14.6 Å². The number of carboxylic acid groups (broad SMARTS) is 1. The third-order valence-corrected chi connectivity index (χ3v) is 11.6. The summed E-state index contributed by atoms with van der Waals surface area (Å²) in [5.41, 5.74) is 9.93. The number of halogens is 1. The van der Waals surface area contributed by atoms with Crippen LogP contribution in [-0.2, 0) is 44.2 Å². The number of thioether (sulfide) groups is 2. The zero-order chi connectivity index (χ0) is 32.9. The Labute approximate surface area is 291 Å². The summed E-state index contributed by atoms with van der Waals surface area (Å²) in [7, 11) is 3.83. The second kappa shape index (κ2) is 12.8. The summed E-state index contributed by atoms with van der Waals surface area (Å²) >= 11 is 10.6. The van der Waals surface area contributed by atoms with Crippen LogP contribution in [0.2, 0.25) is 5.02 Å². The number of aromatic nitrogens is 5. The average molecular weight is 699 g/mol. The first kappa shape index (κ1) is 31.2. The Morgan fingerprint density at radius 1 is 1.00 bits per heavy atom. The predicted octanol–water partition coefficient (Wildman–Crippen LogP) is 7.99. The monoisotopic (exact) mass is 698 g/mol. The molecule has 8 rings (SSSR count). The maximum atomic E-state index is 12.8. The standard InChI is InChI=1S/C36H35ClN6O3S2/c1-41-34-25-10-11-27(37)32(34)33-29(40-43-13-4-3-9-30(33)43)20-47-18-21-15-22(42(2)39-21)19-48-23-16-28-26(7-5-12-38-28)31(17-23)46-14-6-8-24(25)35(41)36(44)45/h3-4,9-11,13,15-17,38H,5-8,12,14,18-20H2,1-2H3,(H,44,45). The number of aryl methyl sites for hydroxylation is 3. The van der Waals surface area contributed by atoms with Gasteiger partial charge >= 0.3 is 5.97 Å². The number of benzene rings is 2. The maximum Gasteiger partial charge on any atom is 0.352 e. The third-order valence-electron chi connectivity index (χ3n) is 9.31. The highest BCUT2D eigenvalue weighted by atomic mass is 35.5. The topological polar surface area (TPSA) is 98.6 Å². The molecule has 0 fully saturated rings. The van der Waals surface area contributed by atoms with E-state index in [1.807, 2.05) is 59.8 Å². The van der Waals surface area contributed by atoms with Crippen molar-refractivity contribution in [1.29, 1.82) is 0 Å². The number of anilines is 1. The summed E-state index contributed by atoms with van der Waals surface area (Å²) in [6, 6.07) is 16.4. The molecule has 2 aliphatic rings. The van der Waals surface area contributed by atoms with E-state index in [4.69, 9.17) is 26.5 Å². The lowest BCUT2D eigenvalue weighted by atomic mass is 9.98. The Bertz CT molecular complexity index is 2220. The summed E-state index contributed by atoms with van der Waals surface area (Å²) in [5.74, 6) is 2.09. The van der Waals surface area contributed by atoms with Gasteiger partial charge < -0.3 is 19.7 Å². The molecule has 8 bridgehead atoms. The zero-order valence-electron chi connectivity index (χ0n) is 26.8. The van der Waals surface area contributed by atoms with E-state index in [1.54, 1.807) is 28.1 Å². The van der Waals surface area contributed by atoms with Crippen molar-refractivity contribution in [2.75, 3.05) is 18.5 Å². The number of fused-ring (bicyclic) bond motifs is 10. The van der Waals surface area contributed by atoms with E-state index in [-0.39, 0.29) is 5.69 Å². The quantitative estimate of drug-likeness (QED) is 0.178. The first-order valence-electron chi connectivity index (χ1n) is 16.1. The van der Waals surface area contributed by atoms with E-state index in [2.05, 4.69) is 23.5 Å². The number of aromatic carboxylic acids is 1. The first-order valence-corrected chi connectivity index (χ1v) is 18.6.